The number of aryl methyl sites for hydroxylation is 1. The Labute approximate surface area is 256 Å². The molecule has 2 fully saturated rings. The van der Waals surface area contributed by atoms with Crippen LogP contribution < -0.4 is 24.7 Å². The van der Waals surface area contributed by atoms with E-state index in [4.69, 9.17) is 42.1 Å². The molecule has 4 heterocycles. The summed E-state index contributed by atoms with van der Waals surface area (Å²) in [7, 11) is 4.44. The summed E-state index contributed by atoms with van der Waals surface area (Å²) < 4.78 is 23.8. The second-order valence-electron chi connectivity index (χ2n) is 10.3. The number of methoxy groups -OCH3 is 3. The molecule has 6 rings (SSSR count). The first kappa shape index (κ1) is 29.0. The van der Waals surface area contributed by atoms with Crippen LogP contribution in [0.2, 0.25) is 10.0 Å². The zero-order chi connectivity index (χ0) is 30.6. The number of benzene rings is 2. The van der Waals surface area contributed by atoms with E-state index < -0.39 is 4.92 Å². The van der Waals surface area contributed by atoms with Gasteiger partial charge in [0.15, 0.2) is 0 Å². The Bertz CT molecular complexity index is 1820. The molecule has 2 saturated heterocycles. The van der Waals surface area contributed by atoms with Gasteiger partial charge < -0.3 is 28.4 Å². The lowest BCUT2D eigenvalue weighted by molar-refractivity contribution is -0.384. The number of aromatic nitrogens is 2. The lowest BCUT2D eigenvalue weighted by atomic mass is 10.0. The number of fused-ring (bicyclic) bond motifs is 3. The molecule has 0 N–H and O–H groups in total. The minimum Gasteiger partial charge on any atom is -0.496 e. The second kappa shape index (κ2) is 11.2. The van der Waals surface area contributed by atoms with Crippen LogP contribution in [0.5, 0.6) is 17.2 Å². The molecular formula is C30H28Cl2N4O7. The van der Waals surface area contributed by atoms with Gasteiger partial charge in [-0.2, -0.15) is 0 Å². The normalized spacial score (nSPS) is 17.5. The van der Waals surface area contributed by atoms with Crippen molar-refractivity contribution in [1.29, 1.82) is 0 Å². The first-order valence-corrected chi connectivity index (χ1v) is 14.3. The van der Waals surface area contributed by atoms with Gasteiger partial charge in [0, 0.05) is 54.0 Å². The molecule has 0 radical (unpaired) electrons. The molecule has 2 bridgehead atoms. The van der Waals surface area contributed by atoms with Crippen molar-refractivity contribution in [2.45, 2.75) is 32.0 Å². The standard InChI is InChI=1S/C30H28Cl2N4O7/c1-5-34-21-9-20(18-8-23(36(38)39)22(10-24(18)40-2)35-13-17-7-16(35)14-43-17)33-12-15(21)6-19(30(34)37)27-28(31)25(41-3)11-26(42-4)29(27)32/h6,8-12,16-17H,5,7,13-14H2,1-4H3/t16-,17-/m1/s1. The molecule has 2 aromatic carbocycles. The summed E-state index contributed by atoms with van der Waals surface area (Å²) in [4.78, 5) is 32.4. The summed E-state index contributed by atoms with van der Waals surface area (Å²) in [5, 5.41) is 13.2. The fourth-order valence-electron chi connectivity index (χ4n) is 6.03. The van der Waals surface area contributed by atoms with Crippen LogP contribution in [0.25, 0.3) is 33.3 Å². The Morgan fingerprint density at radius 1 is 1.02 bits per heavy atom. The van der Waals surface area contributed by atoms with Gasteiger partial charge in [0.05, 0.1) is 71.8 Å². The number of ether oxygens (including phenoxy) is 4. The summed E-state index contributed by atoms with van der Waals surface area (Å²) in [5.41, 5.74) is 2.05. The van der Waals surface area contributed by atoms with Gasteiger partial charge in [0.25, 0.3) is 11.2 Å². The van der Waals surface area contributed by atoms with Crippen molar-refractivity contribution in [1.82, 2.24) is 9.55 Å². The molecule has 2 aromatic heterocycles. The number of hydrogen-bond donors (Lipinski definition) is 0. The van der Waals surface area contributed by atoms with E-state index in [9.17, 15) is 14.9 Å². The van der Waals surface area contributed by atoms with Crippen molar-refractivity contribution in [2.24, 2.45) is 0 Å². The number of pyridine rings is 2. The van der Waals surface area contributed by atoms with Crippen molar-refractivity contribution in [2.75, 3.05) is 39.4 Å². The van der Waals surface area contributed by atoms with E-state index in [1.807, 2.05) is 11.8 Å². The van der Waals surface area contributed by atoms with Gasteiger partial charge in [0.2, 0.25) is 0 Å². The first-order valence-electron chi connectivity index (χ1n) is 13.6. The van der Waals surface area contributed by atoms with Gasteiger partial charge in [0.1, 0.15) is 22.9 Å². The molecule has 0 spiro atoms. The zero-order valence-corrected chi connectivity index (χ0v) is 25.4. The Hall–Kier alpha value is -4.06. The van der Waals surface area contributed by atoms with Gasteiger partial charge in [-0.05, 0) is 25.5 Å². The topological polar surface area (TPSA) is 118 Å². The number of rotatable bonds is 8. The number of hydrogen-bond acceptors (Lipinski definition) is 9. The predicted molar refractivity (Wildman–Crippen MR) is 164 cm³/mol. The molecule has 2 atom stereocenters. The molecular weight excluding hydrogens is 599 g/mol. The highest BCUT2D eigenvalue weighted by Gasteiger charge is 2.41. The highest BCUT2D eigenvalue weighted by molar-refractivity contribution is 6.41. The van der Waals surface area contributed by atoms with E-state index in [0.29, 0.717) is 64.8 Å². The fourth-order valence-corrected chi connectivity index (χ4v) is 6.74. The minimum atomic E-state index is -0.393. The van der Waals surface area contributed by atoms with Crippen molar-refractivity contribution in [3.8, 4) is 39.6 Å². The number of halogens is 2. The highest BCUT2D eigenvalue weighted by atomic mass is 35.5. The number of nitro benzene ring substituents is 1. The van der Waals surface area contributed by atoms with E-state index in [1.165, 1.54) is 27.4 Å². The van der Waals surface area contributed by atoms with Gasteiger partial charge in [-0.15, -0.1) is 0 Å². The minimum absolute atomic E-state index is 0.0512. The molecule has 0 unspecified atom stereocenters. The number of morpholine rings is 1. The SMILES string of the molecule is CCn1c(=O)c(-c2c(Cl)c(OC)cc(OC)c2Cl)cc2cnc(-c3cc([N+](=O)[O-])c(N4C[C@H]5C[C@@H]4CO5)cc3OC)cc21. The van der Waals surface area contributed by atoms with Gasteiger partial charge in [-0.3, -0.25) is 19.9 Å². The quantitative estimate of drug-likeness (QED) is 0.172. The molecule has 11 nitrogen and oxygen atoms in total. The summed E-state index contributed by atoms with van der Waals surface area (Å²) in [6.07, 6.45) is 2.51. The Morgan fingerprint density at radius 3 is 2.28 bits per heavy atom. The van der Waals surface area contributed by atoms with Gasteiger partial charge >= 0.3 is 0 Å². The smallest absolute Gasteiger partial charge is 0.293 e. The average Bonchev–Trinajstić information content (AvgIpc) is 3.65. The lowest BCUT2D eigenvalue weighted by Gasteiger charge is -2.29. The number of anilines is 1. The van der Waals surface area contributed by atoms with E-state index in [-0.39, 0.29) is 44.6 Å². The van der Waals surface area contributed by atoms with Crippen LogP contribution in [0.3, 0.4) is 0 Å². The van der Waals surface area contributed by atoms with Crippen LogP contribution in [0, 0.1) is 10.1 Å². The maximum Gasteiger partial charge on any atom is 0.293 e. The van der Waals surface area contributed by atoms with Crippen LogP contribution in [0.4, 0.5) is 11.4 Å². The molecule has 4 aromatic rings. The lowest BCUT2D eigenvalue weighted by Crippen LogP contribution is -2.37. The Kier molecular flexibility index (Phi) is 7.57. The first-order chi connectivity index (χ1) is 20.7. The zero-order valence-electron chi connectivity index (χ0n) is 23.8. The summed E-state index contributed by atoms with van der Waals surface area (Å²) in [6, 6.07) is 8.21. The third kappa shape index (κ3) is 4.72. The summed E-state index contributed by atoms with van der Waals surface area (Å²) in [5.74, 6) is 1.04. The molecule has 2 aliphatic rings. The third-order valence-corrected chi connectivity index (χ3v) is 8.87. The Morgan fingerprint density at radius 2 is 1.72 bits per heavy atom. The summed E-state index contributed by atoms with van der Waals surface area (Å²) >= 11 is 13.3. The van der Waals surface area contributed by atoms with E-state index in [0.717, 1.165) is 6.42 Å². The van der Waals surface area contributed by atoms with E-state index in [1.54, 1.807) is 35.0 Å². The molecule has 0 aliphatic carbocycles. The van der Waals surface area contributed by atoms with E-state index in [2.05, 4.69) is 4.98 Å². The third-order valence-electron chi connectivity index (χ3n) is 8.12. The van der Waals surface area contributed by atoms with E-state index >= 15 is 0 Å². The largest absolute Gasteiger partial charge is 0.496 e. The van der Waals surface area contributed by atoms with Crippen LogP contribution in [0.1, 0.15) is 13.3 Å². The van der Waals surface area contributed by atoms with Crippen molar-refractivity contribution in [3.63, 3.8) is 0 Å². The van der Waals surface area contributed by atoms with Crippen molar-refractivity contribution >= 4 is 45.5 Å². The number of nitro groups is 1. The molecule has 13 heteroatoms. The molecule has 43 heavy (non-hydrogen) atoms. The molecule has 2 aliphatic heterocycles. The fraction of sp³-hybridized carbons (Fsp3) is 0.333. The maximum atomic E-state index is 13.9. The van der Waals surface area contributed by atoms with Gasteiger partial charge in [-0.25, -0.2) is 0 Å². The van der Waals surface area contributed by atoms with Crippen molar-refractivity contribution in [3.05, 3.63) is 67.0 Å². The average molecular weight is 627 g/mol. The number of nitrogens with zero attached hydrogens (tertiary/aromatic N) is 4. The van der Waals surface area contributed by atoms with Gasteiger partial charge in [-0.1, -0.05) is 23.2 Å². The summed E-state index contributed by atoms with van der Waals surface area (Å²) in [6.45, 7) is 3.28. The van der Waals surface area contributed by atoms with Crippen LogP contribution in [-0.2, 0) is 11.3 Å². The highest BCUT2D eigenvalue weighted by Crippen LogP contribution is 2.46. The van der Waals surface area contributed by atoms with Crippen molar-refractivity contribution < 1.29 is 23.9 Å². The van der Waals surface area contributed by atoms with Crippen LogP contribution in [0.15, 0.2) is 41.3 Å². The van der Waals surface area contributed by atoms with Crippen LogP contribution in [-0.4, -0.2) is 61.1 Å². The monoisotopic (exact) mass is 626 g/mol. The van der Waals surface area contributed by atoms with Crippen LogP contribution >= 0.6 is 23.2 Å². The second-order valence-corrected chi connectivity index (χ2v) is 11.1. The Balaban J connectivity index is 1.52. The predicted octanol–water partition coefficient (Wildman–Crippen LogP) is 5.97. The molecule has 0 amide bonds. The molecule has 0 saturated carbocycles. The maximum absolute atomic E-state index is 13.9. The molecule has 224 valence electrons.